The normalized spacial score (nSPS) is 11.9. The first-order chi connectivity index (χ1) is 8.67. The summed E-state index contributed by atoms with van der Waals surface area (Å²) in [5.74, 6) is 0.710. The van der Waals surface area contributed by atoms with E-state index in [2.05, 4.69) is 5.32 Å². The van der Waals surface area contributed by atoms with E-state index < -0.39 is 6.10 Å². The first-order valence-corrected chi connectivity index (χ1v) is 6.34. The minimum Gasteiger partial charge on any atom is -0.493 e. The van der Waals surface area contributed by atoms with Crippen molar-refractivity contribution >= 4 is 5.91 Å². The zero-order chi connectivity index (χ0) is 13.4. The highest BCUT2D eigenvalue weighted by molar-refractivity contribution is 5.75. The van der Waals surface area contributed by atoms with Crippen LogP contribution >= 0.6 is 0 Å². The van der Waals surface area contributed by atoms with E-state index >= 15 is 0 Å². The number of aliphatic hydroxyl groups is 1. The summed E-state index contributed by atoms with van der Waals surface area (Å²) in [6.45, 7) is 4.82. The van der Waals surface area contributed by atoms with Crippen LogP contribution in [0.5, 0.6) is 5.75 Å². The number of hydrogen-bond donors (Lipinski definition) is 2. The van der Waals surface area contributed by atoms with Gasteiger partial charge in [-0.1, -0.05) is 19.1 Å². The largest absolute Gasteiger partial charge is 0.493 e. The molecule has 100 valence electrons. The standard InChI is InChI=1S/C14H21NO3/c1-3-13(16)11-5-7-12(8-6-11)18-10-9-14(17)15-4-2/h5-8,13,16H,3-4,9-10H2,1-2H3,(H,15,17)/t13-/m1/s1. The molecule has 18 heavy (non-hydrogen) atoms. The van der Waals surface area contributed by atoms with Gasteiger partial charge < -0.3 is 15.2 Å². The quantitative estimate of drug-likeness (QED) is 0.779. The van der Waals surface area contributed by atoms with Gasteiger partial charge in [0.05, 0.1) is 19.1 Å². The third kappa shape index (κ3) is 4.75. The van der Waals surface area contributed by atoms with Gasteiger partial charge in [0.1, 0.15) is 5.75 Å². The third-order valence-electron chi connectivity index (χ3n) is 2.62. The summed E-state index contributed by atoms with van der Waals surface area (Å²) in [5.41, 5.74) is 0.883. The lowest BCUT2D eigenvalue weighted by atomic mass is 10.1. The fourth-order valence-electron chi connectivity index (χ4n) is 1.57. The second kappa shape index (κ2) is 7.71. The molecule has 0 saturated heterocycles. The van der Waals surface area contributed by atoms with Crippen molar-refractivity contribution in [2.24, 2.45) is 0 Å². The van der Waals surface area contributed by atoms with Crippen LogP contribution in [0.25, 0.3) is 0 Å². The predicted octanol–water partition coefficient (Wildman–Crippen LogP) is 2.04. The smallest absolute Gasteiger partial charge is 0.223 e. The van der Waals surface area contributed by atoms with E-state index in [0.29, 0.717) is 31.7 Å². The highest BCUT2D eigenvalue weighted by atomic mass is 16.5. The first-order valence-electron chi connectivity index (χ1n) is 6.34. The molecule has 0 fully saturated rings. The van der Waals surface area contributed by atoms with Crippen molar-refractivity contribution in [2.75, 3.05) is 13.2 Å². The minimum absolute atomic E-state index is 0.00414. The highest BCUT2D eigenvalue weighted by Crippen LogP contribution is 2.19. The molecule has 0 bridgehead atoms. The van der Waals surface area contributed by atoms with Gasteiger partial charge >= 0.3 is 0 Å². The van der Waals surface area contributed by atoms with Crippen LogP contribution in [0.2, 0.25) is 0 Å². The van der Waals surface area contributed by atoms with E-state index in [-0.39, 0.29) is 5.91 Å². The van der Waals surface area contributed by atoms with E-state index in [1.807, 2.05) is 38.1 Å². The summed E-state index contributed by atoms with van der Waals surface area (Å²) >= 11 is 0. The van der Waals surface area contributed by atoms with Crippen molar-refractivity contribution in [3.8, 4) is 5.75 Å². The maximum absolute atomic E-state index is 11.2. The molecule has 0 saturated carbocycles. The Balaban J connectivity index is 2.37. The van der Waals surface area contributed by atoms with Gasteiger partial charge in [-0.2, -0.15) is 0 Å². The average Bonchev–Trinajstić information content (AvgIpc) is 2.39. The van der Waals surface area contributed by atoms with Gasteiger partial charge in [0.15, 0.2) is 0 Å². The molecule has 1 aromatic carbocycles. The molecular formula is C14H21NO3. The Bertz CT molecular complexity index is 362. The number of rotatable bonds is 7. The van der Waals surface area contributed by atoms with Gasteiger partial charge in [0.25, 0.3) is 0 Å². The summed E-state index contributed by atoms with van der Waals surface area (Å²) in [6, 6.07) is 7.31. The number of carbonyl (C=O) groups is 1. The zero-order valence-corrected chi connectivity index (χ0v) is 11.0. The van der Waals surface area contributed by atoms with E-state index in [9.17, 15) is 9.90 Å². The van der Waals surface area contributed by atoms with Crippen molar-refractivity contribution in [1.82, 2.24) is 5.32 Å². The number of amides is 1. The van der Waals surface area contributed by atoms with Crippen molar-refractivity contribution in [3.63, 3.8) is 0 Å². The SMILES string of the molecule is CCNC(=O)CCOc1ccc([C@H](O)CC)cc1. The molecule has 2 N–H and O–H groups in total. The van der Waals surface area contributed by atoms with Gasteiger partial charge in [-0.05, 0) is 31.0 Å². The molecule has 0 unspecified atom stereocenters. The molecule has 1 atom stereocenters. The molecule has 0 heterocycles. The monoisotopic (exact) mass is 251 g/mol. The van der Waals surface area contributed by atoms with Gasteiger partial charge in [-0.15, -0.1) is 0 Å². The Kier molecular flexibility index (Phi) is 6.22. The number of carbonyl (C=O) groups excluding carboxylic acids is 1. The summed E-state index contributed by atoms with van der Waals surface area (Å²) in [6.07, 6.45) is 0.624. The molecule has 1 aromatic rings. The Hall–Kier alpha value is -1.55. The van der Waals surface area contributed by atoms with Crippen LogP contribution in [0.3, 0.4) is 0 Å². The number of benzene rings is 1. The van der Waals surface area contributed by atoms with E-state index in [0.717, 1.165) is 5.56 Å². The second-order valence-corrected chi connectivity index (χ2v) is 4.05. The minimum atomic E-state index is -0.422. The van der Waals surface area contributed by atoms with Crippen LogP contribution in [-0.4, -0.2) is 24.2 Å². The number of nitrogens with one attached hydrogen (secondary N) is 1. The molecule has 1 amide bonds. The zero-order valence-electron chi connectivity index (χ0n) is 11.0. The fraction of sp³-hybridized carbons (Fsp3) is 0.500. The van der Waals surface area contributed by atoms with Crippen LogP contribution in [0, 0.1) is 0 Å². The second-order valence-electron chi connectivity index (χ2n) is 4.05. The summed E-state index contributed by atoms with van der Waals surface area (Å²) in [5, 5.41) is 12.3. The fourth-order valence-corrected chi connectivity index (χ4v) is 1.57. The van der Waals surface area contributed by atoms with Crippen molar-refractivity contribution < 1.29 is 14.6 Å². The Morgan fingerprint density at radius 2 is 2.00 bits per heavy atom. The topological polar surface area (TPSA) is 58.6 Å². The van der Waals surface area contributed by atoms with Crippen LogP contribution in [0.1, 0.15) is 38.4 Å². The maximum atomic E-state index is 11.2. The summed E-state index contributed by atoms with van der Waals surface area (Å²) in [4.78, 5) is 11.2. The molecule has 0 aliphatic heterocycles. The number of ether oxygens (including phenoxy) is 1. The molecule has 0 aliphatic rings. The molecule has 0 radical (unpaired) electrons. The van der Waals surface area contributed by atoms with Gasteiger partial charge in [0.2, 0.25) is 5.91 Å². The molecule has 4 heteroatoms. The van der Waals surface area contributed by atoms with Gasteiger partial charge in [-0.25, -0.2) is 0 Å². The van der Waals surface area contributed by atoms with Crippen LogP contribution < -0.4 is 10.1 Å². The van der Waals surface area contributed by atoms with Crippen LogP contribution in [0.15, 0.2) is 24.3 Å². The lowest BCUT2D eigenvalue weighted by molar-refractivity contribution is -0.121. The Morgan fingerprint density at radius 3 is 2.56 bits per heavy atom. The predicted molar refractivity (Wildman–Crippen MR) is 70.5 cm³/mol. The van der Waals surface area contributed by atoms with E-state index in [1.54, 1.807) is 0 Å². The molecule has 0 spiro atoms. The van der Waals surface area contributed by atoms with Crippen LogP contribution in [0.4, 0.5) is 0 Å². The average molecular weight is 251 g/mol. The Labute approximate surface area is 108 Å². The number of aliphatic hydroxyl groups excluding tert-OH is 1. The third-order valence-corrected chi connectivity index (χ3v) is 2.62. The van der Waals surface area contributed by atoms with Crippen LogP contribution in [-0.2, 0) is 4.79 Å². The summed E-state index contributed by atoms with van der Waals surface area (Å²) < 4.78 is 5.45. The molecule has 4 nitrogen and oxygen atoms in total. The van der Waals surface area contributed by atoms with Gasteiger partial charge in [0, 0.05) is 6.54 Å². The lowest BCUT2D eigenvalue weighted by Crippen LogP contribution is -2.24. The molecule has 0 aromatic heterocycles. The Morgan fingerprint density at radius 1 is 1.33 bits per heavy atom. The van der Waals surface area contributed by atoms with Gasteiger partial charge in [-0.3, -0.25) is 4.79 Å². The van der Waals surface area contributed by atoms with Crippen molar-refractivity contribution in [2.45, 2.75) is 32.8 Å². The molecule has 0 aliphatic carbocycles. The first kappa shape index (κ1) is 14.5. The maximum Gasteiger partial charge on any atom is 0.223 e. The highest BCUT2D eigenvalue weighted by Gasteiger charge is 2.05. The number of hydrogen-bond acceptors (Lipinski definition) is 3. The van der Waals surface area contributed by atoms with Crippen molar-refractivity contribution in [3.05, 3.63) is 29.8 Å². The molecular weight excluding hydrogens is 230 g/mol. The van der Waals surface area contributed by atoms with E-state index in [4.69, 9.17) is 4.74 Å². The lowest BCUT2D eigenvalue weighted by Gasteiger charge is -2.10. The molecule has 1 rings (SSSR count). The van der Waals surface area contributed by atoms with E-state index in [1.165, 1.54) is 0 Å². The van der Waals surface area contributed by atoms with Crippen molar-refractivity contribution in [1.29, 1.82) is 0 Å². The summed E-state index contributed by atoms with van der Waals surface area (Å²) in [7, 11) is 0.